The van der Waals surface area contributed by atoms with Gasteiger partial charge in [-0.2, -0.15) is 0 Å². The molecule has 2 aliphatic rings. The van der Waals surface area contributed by atoms with Crippen LogP contribution in [0.4, 0.5) is 0 Å². The third kappa shape index (κ3) is 3.76. The van der Waals surface area contributed by atoms with Gasteiger partial charge >= 0.3 is 0 Å². The van der Waals surface area contributed by atoms with E-state index in [1.807, 2.05) is 0 Å². The SMILES string of the molecule is CNC(CCC(C)(C)C)C1(N2CCCCC2)CCCC1. The zero-order valence-corrected chi connectivity index (χ0v) is 14.3. The molecule has 0 aromatic rings. The highest BCUT2D eigenvalue weighted by Crippen LogP contribution is 2.41. The maximum absolute atomic E-state index is 3.71. The standard InChI is InChI=1S/C18H36N2/c1-17(2,3)13-10-16(19-4)18(11-6-7-12-18)20-14-8-5-9-15-20/h16,19H,5-15H2,1-4H3. The Morgan fingerprint density at radius 2 is 1.60 bits per heavy atom. The molecule has 20 heavy (non-hydrogen) atoms. The van der Waals surface area contributed by atoms with Gasteiger partial charge in [0.25, 0.3) is 0 Å². The summed E-state index contributed by atoms with van der Waals surface area (Å²) in [4.78, 5) is 2.87. The van der Waals surface area contributed by atoms with Crippen LogP contribution in [0.15, 0.2) is 0 Å². The number of nitrogens with zero attached hydrogens (tertiary/aromatic N) is 1. The molecule has 2 heteroatoms. The highest BCUT2D eigenvalue weighted by atomic mass is 15.2. The monoisotopic (exact) mass is 280 g/mol. The molecule has 1 aliphatic carbocycles. The van der Waals surface area contributed by atoms with Gasteiger partial charge in [-0.05, 0) is 64.1 Å². The Labute approximate surface area is 126 Å². The van der Waals surface area contributed by atoms with Gasteiger partial charge in [0.05, 0.1) is 0 Å². The fraction of sp³-hybridized carbons (Fsp3) is 1.00. The van der Waals surface area contributed by atoms with Crippen molar-refractivity contribution in [1.29, 1.82) is 0 Å². The molecule has 1 saturated heterocycles. The summed E-state index contributed by atoms with van der Waals surface area (Å²) in [5.41, 5.74) is 0.928. The quantitative estimate of drug-likeness (QED) is 0.812. The van der Waals surface area contributed by atoms with Crippen molar-refractivity contribution in [3.63, 3.8) is 0 Å². The van der Waals surface area contributed by atoms with E-state index in [9.17, 15) is 0 Å². The molecule has 1 unspecified atom stereocenters. The van der Waals surface area contributed by atoms with Crippen LogP contribution in [0.1, 0.15) is 78.6 Å². The maximum atomic E-state index is 3.71. The van der Waals surface area contributed by atoms with Crippen molar-refractivity contribution in [2.75, 3.05) is 20.1 Å². The number of nitrogens with one attached hydrogen (secondary N) is 1. The predicted octanol–water partition coefficient (Wildman–Crippen LogP) is 4.20. The van der Waals surface area contributed by atoms with Crippen LogP contribution in [0.5, 0.6) is 0 Å². The van der Waals surface area contributed by atoms with E-state index < -0.39 is 0 Å². The van der Waals surface area contributed by atoms with Gasteiger partial charge in [-0.15, -0.1) is 0 Å². The summed E-state index contributed by atoms with van der Waals surface area (Å²) in [6.07, 6.45) is 12.6. The molecule has 2 rings (SSSR count). The Kier molecular flexibility index (Phi) is 5.53. The number of rotatable bonds is 5. The molecule has 0 bridgehead atoms. The number of hydrogen-bond acceptors (Lipinski definition) is 2. The first-order valence-electron chi connectivity index (χ1n) is 8.90. The van der Waals surface area contributed by atoms with Crippen LogP contribution in [0, 0.1) is 5.41 Å². The van der Waals surface area contributed by atoms with Crippen LogP contribution in [0.3, 0.4) is 0 Å². The van der Waals surface area contributed by atoms with E-state index in [0.29, 0.717) is 17.0 Å². The first-order chi connectivity index (χ1) is 9.48. The van der Waals surface area contributed by atoms with E-state index in [1.165, 1.54) is 70.9 Å². The topological polar surface area (TPSA) is 15.3 Å². The van der Waals surface area contributed by atoms with Crippen molar-refractivity contribution in [3.8, 4) is 0 Å². The van der Waals surface area contributed by atoms with Gasteiger partial charge in [-0.25, -0.2) is 0 Å². The van der Waals surface area contributed by atoms with Crippen molar-refractivity contribution in [1.82, 2.24) is 10.2 Å². The first kappa shape index (κ1) is 16.3. The Bertz CT molecular complexity index is 280. The summed E-state index contributed by atoms with van der Waals surface area (Å²) in [5.74, 6) is 0. The molecule has 2 fully saturated rings. The lowest BCUT2D eigenvalue weighted by atomic mass is 9.79. The van der Waals surface area contributed by atoms with E-state index in [4.69, 9.17) is 0 Å². The normalized spacial score (nSPS) is 25.8. The van der Waals surface area contributed by atoms with Crippen LogP contribution in [0.25, 0.3) is 0 Å². The molecule has 0 radical (unpaired) electrons. The summed E-state index contributed by atoms with van der Waals surface area (Å²) in [6, 6.07) is 0.683. The van der Waals surface area contributed by atoms with Crippen molar-refractivity contribution < 1.29 is 0 Å². The molecule has 0 amide bonds. The highest BCUT2D eigenvalue weighted by molar-refractivity contribution is 5.04. The van der Waals surface area contributed by atoms with E-state index >= 15 is 0 Å². The minimum Gasteiger partial charge on any atom is -0.315 e. The summed E-state index contributed by atoms with van der Waals surface area (Å²) in [7, 11) is 2.19. The molecular weight excluding hydrogens is 244 g/mol. The van der Waals surface area contributed by atoms with Crippen molar-refractivity contribution in [2.24, 2.45) is 5.41 Å². The van der Waals surface area contributed by atoms with Crippen molar-refractivity contribution >= 4 is 0 Å². The lowest BCUT2D eigenvalue weighted by Gasteiger charge is -2.49. The zero-order chi connectivity index (χ0) is 14.6. The fourth-order valence-corrected chi connectivity index (χ4v) is 4.47. The van der Waals surface area contributed by atoms with Gasteiger partial charge < -0.3 is 5.32 Å². The Morgan fingerprint density at radius 1 is 1.00 bits per heavy atom. The molecule has 1 aliphatic heterocycles. The molecule has 1 N–H and O–H groups in total. The van der Waals surface area contributed by atoms with Crippen LogP contribution >= 0.6 is 0 Å². The lowest BCUT2D eigenvalue weighted by Crippen LogP contribution is -2.60. The Balaban J connectivity index is 2.08. The molecule has 0 aromatic carbocycles. The zero-order valence-electron chi connectivity index (χ0n) is 14.3. The molecule has 0 aromatic heterocycles. The molecule has 0 spiro atoms. The smallest absolute Gasteiger partial charge is 0.0362 e. The second-order valence-electron chi connectivity index (χ2n) is 8.30. The minimum absolute atomic E-state index is 0.455. The number of likely N-dealkylation sites (tertiary alicyclic amines) is 1. The van der Waals surface area contributed by atoms with Crippen molar-refractivity contribution in [3.05, 3.63) is 0 Å². The molecule has 1 saturated carbocycles. The van der Waals surface area contributed by atoms with Crippen LogP contribution in [0.2, 0.25) is 0 Å². The van der Waals surface area contributed by atoms with Crippen LogP contribution < -0.4 is 5.32 Å². The number of likely N-dealkylation sites (N-methyl/N-ethyl adjacent to an activating group) is 1. The van der Waals surface area contributed by atoms with E-state index in [-0.39, 0.29) is 0 Å². The third-order valence-corrected chi connectivity index (χ3v) is 5.64. The van der Waals surface area contributed by atoms with Gasteiger partial charge in [-0.3, -0.25) is 4.90 Å². The van der Waals surface area contributed by atoms with Crippen LogP contribution in [-0.4, -0.2) is 36.6 Å². The summed E-state index contributed by atoms with van der Waals surface area (Å²) >= 11 is 0. The number of piperidine rings is 1. The predicted molar refractivity (Wildman–Crippen MR) is 88.2 cm³/mol. The molecular formula is C18H36N2. The van der Waals surface area contributed by atoms with Gasteiger partial charge in [0.2, 0.25) is 0 Å². The summed E-state index contributed by atoms with van der Waals surface area (Å²) in [6.45, 7) is 9.81. The largest absolute Gasteiger partial charge is 0.315 e. The first-order valence-corrected chi connectivity index (χ1v) is 8.90. The molecule has 118 valence electrons. The second-order valence-corrected chi connectivity index (χ2v) is 8.30. The van der Waals surface area contributed by atoms with Gasteiger partial charge in [-0.1, -0.05) is 40.0 Å². The van der Waals surface area contributed by atoms with Gasteiger partial charge in [0.1, 0.15) is 0 Å². The van der Waals surface area contributed by atoms with Gasteiger partial charge in [0.15, 0.2) is 0 Å². The maximum Gasteiger partial charge on any atom is 0.0362 e. The Hall–Kier alpha value is -0.0800. The third-order valence-electron chi connectivity index (χ3n) is 5.64. The van der Waals surface area contributed by atoms with Crippen molar-refractivity contribution in [2.45, 2.75) is 90.1 Å². The molecule has 2 nitrogen and oxygen atoms in total. The molecule has 1 heterocycles. The summed E-state index contributed by atoms with van der Waals surface area (Å²) in [5, 5.41) is 3.71. The van der Waals surface area contributed by atoms with E-state index in [2.05, 4.69) is 38.0 Å². The van der Waals surface area contributed by atoms with E-state index in [1.54, 1.807) is 0 Å². The number of hydrogen-bond donors (Lipinski definition) is 1. The molecule has 1 atom stereocenters. The van der Waals surface area contributed by atoms with E-state index in [0.717, 1.165) is 0 Å². The Morgan fingerprint density at radius 3 is 2.10 bits per heavy atom. The fourth-order valence-electron chi connectivity index (χ4n) is 4.47. The second kappa shape index (κ2) is 6.79. The summed E-state index contributed by atoms with van der Waals surface area (Å²) < 4.78 is 0. The minimum atomic E-state index is 0.455. The lowest BCUT2D eigenvalue weighted by molar-refractivity contribution is 0.0330. The van der Waals surface area contributed by atoms with Gasteiger partial charge in [0, 0.05) is 11.6 Å². The average molecular weight is 280 g/mol. The van der Waals surface area contributed by atoms with Crippen LogP contribution in [-0.2, 0) is 0 Å². The average Bonchev–Trinajstić information content (AvgIpc) is 2.90. The highest BCUT2D eigenvalue weighted by Gasteiger charge is 2.45.